The molecule has 0 amide bonds. The van der Waals surface area contributed by atoms with Crippen molar-refractivity contribution in [2.24, 2.45) is 0 Å². The molecule has 0 aliphatic rings. The highest BCUT2D eigenvalue weighted by molar-refractivity contribution is 5.74. The van der Waals surface area contributed by atoms with Crippen molar-refractivity contribution >= 4 is 5.97 Å². The Morgan fingerprint density at radius 2 is 1.93 bits per heavy atom. The maximum Gasteiger partial charge on any atom is 0.338 e. The van der Waals surface area contributed by atoms with E-state index < -0.39 is 18.2 Å². The zero-order valence-electron chi connectivity index (χ0n) is 8.46. The van der Waals surface area contributed by atoms with Crippen molar-refractivity contribution < 1.29 is 19.7 Å². The van der Waals surface area contributed by atoms with E-state index in [1.807, 2.05) is 30.3 Å². The van der Waals surface area contributed by atoms with Crippen LogP contribution in [0.25, 0.3) is 0 Å². The van der Waals surface area contributed by atoms with Crippen LogP contribution in [0.15, 0.2) is 30.3 Å². The summed E-state index contributed by atoms with van der Waals surface area (Å²) < 4.78 is 4.80. The molecule has 1 aromatic carbocycles. The van der Waals surface area contributed by atoms with Crippen molar-refractivity contribution in [2.75, 3.05) is 0 Å². The van der Waals surface area contributed by atoms with E-state index in [0.717, 1.165) is 5.56 Å². The first-order valence-corrected chi connectivity index (χ1v) is 4.68. The minimum atomic E-state index is -1.48. The molecule has 0 fully saturated rings. The molecule has 0 aliphatic carbocycles. The monoisotopic (exact) mass is 210 g/mol. The van der Waals surface area contributed by atoms with Gasteiger partial charge in [0.15, 0.2) is 6.10 Å². The molecule has 1 rings (SSSR count). The first-order chi connectivity index (χ1) is 7.11. The highest BCUT2D eigenvalue weighted by Crippen LogP contribution is 2.03. The van der Waals surface area contributed by atoms with E-state index in [4.69, 9.17) is 14.9 Å². The first-order valence-electron chi connectivity index (χ1n) is 4.68. The van der Waals surface area contributed by atoms with Crippen molar-refractivity contribution in [2.45, 2.75) is 25.7 Å². The van der Waals surface area contributed by atoms with Crippen molar-refractivity contribution in [1.82, 2.24) is 0 Å². The minimum absolute atomic E-state index is 0.101. The van der Waals surface area contributed by atoms with E-state index in [1.165, 1.54) is 6.92 Å². The summed E-state index contributed by atoms with van der Waals surface area (Å²) in [6.45, 7) is 1.43. The summed E-state index contributed by atoms with van der Waals surface area (Å²) in [5, 5.41) is 18.1. The molecular weight excluding hydrogens is 196 g/mol. The Morgan fingerprint density at radius 3 is 2.47 bits per heavy atom. The number of aliphatic hydroxyl groups excluding tert-OH is 2. The van der Waals surface area contributed by atoms with Crippen LogP contribution in [-0.2, 0) is 16.1 Å². The van der Waals surface area contributed by atoms with Crippen molar-refractivity contribution in [3.05, 3.63) is 35.9 Å². The molecule has 0 heterocycles. The second kappa shape index (κ2) is 5.48. The summed E-state index contributed by atoms with van der Waals surface area (Å²) in [4.78, 5) is 11.1. The van der Waals surface area contributed by atoms with E-state index >= 15 is 0 Å². The van der Waals surface area contributed by atoms with Gasteiger partial charge < -0.3 is 14.9 Å². The fourth-order valence-electron chi connectivity index (χ4n) is 1.01. The fourth-order valence-corrected chi connectivity index (χ4v) is 1.01. The van der Waals surface area contributed by atoms with Crippen LogP contribution in [0.3, 0.4) is 0 Å². The Hall–Kier alpha value is -1.39. The standard InChI is InChI=1S/C11H14O4/c1-8(12)10(13)11(14)15-7-9-5-3-2-4-6-9/h2-6,8,10,12-13H,7H2,1H3/t8-,10?/m0/s1. The lowest BCUT2D eigenvalue weighted by Gasteiger charge is -2.12. The van der Waals surface area contributed by atoms with Gasteiger partial charge in [-0.2, -0.15) is 0 Å². The SMILES string of the molecule is C[C@H](O)C(O)C(=O)OCc1ccccc1. The number of carbonyl (C=O) groups excluding carboxylic acids is 1. The normalized spacial score (nSPS) is 14.3. The molecule has 2 N–H and O–H groups in total. The summed E-state index contributed by atoms with van der Waals surface area (Å²) in [6.07, 6.45) is -2.60. The lowest BCUT2D eigenvalue weighted by atomic mass is 10.2. The van der Waals surface area contributed by atoms with Crippen LogP contribution in [0.1, 0.15) is 12.5 Å². The highest BCUT2D eigenvalue weighted by atomic mass is 16.5. The van der Waals surface area contributed by atoms with Gasteiger partial charge in [0.25, 0.3) is 0 Å². The van der Waals surface area contributed by atoms with E-state index in [9.17, 15) is 4.79 Å². The lowest BCUT2D eigenvalue weighted by molar-refractivity contribution is -0.160. The molecule has 0 aromatic heterocycles. The van der Waals surface area contributed by atoms with Crippen LogP contribution in [0.4, 0.5) is 0 Å². The number of hydrogen-bond donors (Lipinski definition) is 2. The summed E-state index contributed by atoms with van der Waals surface area (Å²) in [5.41, 5.74) is 0.837. The second-order valence-corrected chi connectivity index (χ2v) is 3.28. The topological polar surface area (TPSA) is 66.8 Å². The number of hydrogen-bond acceptors (Lipinski definition) is 4. The number of rotatable bonds is 4. The van der Waals surface area contributed by atoms with E-state index in [-0.39, 0.29) is 6.61 Å². The van der Waals surface area contributed by atoms with Gasteiger partial charge in [0, 0.05) is 0 Å². The molecule has 0 aliphatic heterocycles. The molecule has 15 heavy (non-hydrogen) atoms. The molecule has 0 spiro atoms. The summed E-state index contributed by atoms with van der Waals surface area (Å²) in [7, 11) is 0. The van der Waals surface area contributed by atoms with Gasteiger partial charge in [-0.25, -0.2) is 4.79 Å². The average molecular weight is 210 g/mol. The number of carbonyl (C=O) groups is 1. The van der Waals surface area contributed by atoms with E-state index in [1.54, 1.807) is 0 Å². The molecule has 0 bridgehead atoms. The van der Waals surface area contributed by atoms with Crippen molar-refractivity contribution in [3.8, 4) is 0 Å². The van der Waals surface area contributed by atoms with Crippen LogP contribution in [0.5, 0.6) is 0 Å². The zero-order chi connectivity index (χ0) is 11.3. The van der Waals surface area contributed by atoms with Gasteiger partial charge in [-0.1, -0.05) is 30.3 Å². The van der Waals surface area contributed by atoms with E-state index in [2.05, 4.69) is 0 Å². The summed E-state index contributed by atoms with van der Waals surface area (Å²) in [5.74, 6) is -0.811. The molecule has 0 saturated carbocycles. The predicted octanol–water partition coefficient (Wildman–Crippen LogP) is 0.471. The first kappa shape index (κ1) is 11.7. The molecule has 4 heteroatoms. The molecule has 1 aromatic rings. The molecule has 1 unspecified atom stereocenters. The number of ether oxygens (including phenoxy) is 1. The Kier molecular flexibility index (Phi) is 4.27. The third kappa shape index (κ3) is 3.69. The Balaban J connectivity index is 2.41. The van der Waals surface area contributed by atoms with E-state index in [0.29, 0.717) is 0 Å². The summed E-state index contributed by atoms with van der Waals surface area (Å²) >= 11 is 0. The van der Waals surface area contributed by atoms with Gasteiger partial charge in [-0.05, 0) is 12.5 Å². The number of aliphatic hydroxyl groups is 2. The fraction of sp³-hybridized carbons (Fsp3) is 0.364. The molecule has 0 saturated heterocycles. The molecule has 0 radical (unpaired) electrons. The lowest BCUT2D eigenvalue weighted by Crippen LogP contribution is -2.33. The largest absolute Gasteiger partial charge is 0.459 e. The second-order valence-electron chi connectivity index (χ2n) is 3.28. The van der Waals surface area contributed by atoms with Crippen LogP contribution in [-0.4, -0.2) is 28.4 Å². The van der Waals surface area contributed by atoms with Crippen LogP contribution < -0.4 is 0 Å². The number of esters is 1. The molecular formula is C11H14O4. The molecule has 4 nitrogen and oxygen atoms in total. The van der Waals surface area contributed by atoms with Gasteiger partial charge >= 0.3 is 5.97 Å². The molecule has 82 valence electrons. The molecule has 2 atom stereocenters. The third-order valence-corrected chi connectivity index (χ3v) is 1.92. The van der Waals surface area contributed by atoms with Crippen LogP contribution >= 0.6 is 0 Å². The quantitative estimate of drug-likeness (QED) is 0.709. The Bertz CT molecular complexity index is 308. The maximum atomic E-state index is 11.1. The highest BCUT2D eigenvalue weighted by Gasteiger charge is 2.21. The third-order valence-electron chi connectivity index (χ3n) is 1.92. The predicted molar refractivity (Wildman–Crippen MR) is 53.9 cm³/mol. The smallest absolute Gasteiger partial charge is 0.338 e. The maximum absolute atomic E-state index is 11.1. The van der Waals surface area contributed by atoms with Crippen molar-refractivity contribution in [1.29, 1.82) is 0 Å². The van der Waals surface area contributed by atoms with Gasteiger partial charge in [-0.15, -0.1) is 0 Å². The summed E-state index contributed by atoms with van der Waals surface area (Å²) in [6, 6.07) is 9.13. The Labute approximate surface area is 88.1 Å². The number of benzene rings is 1. The van der Waals surface area contributed by atoms with Crippen LogP contribution in [0, 0.1) is 0 Å². The Morgan fingerprint density at radius 1 is 1.33 bits per heavy atom. The zero-order valence-corrected chi connectivity index (χ0v) is 8.46. The minimum Gasteiger partial charge on any atom is -0.459 e. The van der Waals surface area contributed by atoms with Crippen LogP contribution in [0.2, 0.25) is 0 Å². The van der Waals surface area contributed by atoms with Gasteiger partial charge in [0.05, 0.1) is 6.10 Å². The van der Waals surface area contributed by atoms with Gasteiger partial charge in [-0.3, -0.25) is 0 Å². The van der Waals surface area contributed by atoms with Gasteiger partial charge in [0.2, 0.25) is 0 Å². The average Bonchev–Trinajstić information content (AvgIpc) is 2.26. The van der Waals surface area contributed by atoms with Crippen molar-refractivity contribution in [3.63, 3.8) is 0 Å². The van der Waals surface area contributed by atoms with Gasteiger partial charge in [0.1, 0.15) is 6.61 Å².